The zero-order chi connectivity index (χ0) is 19.8. The van der Waals surface area contributed by atoms with E-state index in [9.17, 15) is 14.4 Å². The van der Waals surface area contributed by atoms with Crippen molar-refractivity contribution in [3.8, 4) is 0 Å². The van der Waals surface area contributed by atoms with Gasteiger partial charge in [0.1, 0.15) is 19.2 Å². The third kappa shape index (κ3) is 13.4. The van der Waals surface area contributed by atoms with E-state index in [2.05, 4.69) is 0 Å². The smallest absolute Gasteiger partial charge is 0.302 e. The van der Waals surface area contributed by atoms with Crippen LogP contribution in [0.4, 0.5) is 0 Å². The quantitative estimate of drug-likeness (QED) is 0.253. The number of carbonyl (C=O) groups excluding carboxylic acids is 3. The van der Waals surface area contributed by atoms with Gasteiger partial charge in [-0.25, -0.2) is 0 Å². The molecule has 138 valence electrons. The molecule has 0 saturated heterocycles. The monoisotopic (exact) mass is 354 g/mol. The molecule has 0 saturated carbocycles. The van der Waals surface area contributed by atoms with Crippen LogP contribution in [0.3, 0.4) is 0 Å². The molecule has 0 heterocycles. The molecule has 4 nitrogen and oxygen atoms in total. The number of allylic oxidation sites excluding steroid dienone is 12. The molecule has 0 aliphatic rings. The zero-order valence-electron chi connectivity index (χ0n) is 15.8. The maximum absolute atomic E-state index is 11.0. The van der Waals surface area contributed by atoms with Crippen molar-refractivity contribution in [1.29, 1.82) is 0 Å². The zero-order valence-corrected chi connectivity index (χ0v) is 15.8. The van der Waals surface area contributed by atoms with Crippen LogP contribution in [0.15, 0.2) is 83.1 Å². The number of hydrogen-bond donors (Lipinski definition) is 0. The Labute approximate surface area is 155 Å². The van der Waals surface area contributed by atoms with Gasteiger partial charge >= 0.3 is 5.97 Å². The fraction of sp³-hybridized carbons (Fsp3) is 0.227. The molecule has 0 rings (SSSR count). The SMILES string of the molecule is CC(=O)OCC(C=CC=C(C)C=O)=CC=CC=C(C)C=CC=C(C)C=O. The van der Waals surface area contributed by atoms with Gasteiger partial charge in [0.15, 0.2) is 0 Å². The van der Waals surface area contributed by atoms with E-state index in [1.807, 2.05) is 43.4 Å². The Bertz CT molecular complexity index is 696. The van der Waals surface area contributed by atoms with Crippen LogP contribution in [0.1, 0.15) is 27.7 Å². The van der Waals surface area contributed by atoms with Gasteiger partial charge in [-0.2, -0.15) is 0 Å². The van der Waals surface area contributed by atoms with Gasteiger partial charge in [0, 0.05) is 6.92 Å². The Morgan fingerprint density at radius 3 is 1.73 bits per heavy atom. The molecule has 0 bridgehead atoms. The molecular weight excluding hydrogens is 328 g/mol. The van der Waals surface area contributed by atoms with Gasteiger partial charge < -0.3 is 4.74 Å². The number of hydrogen-bond acceptors (Lipinski definition) is 4. The molecule has 26 heavy (non-hydrogen) atoms. The molecule has 0 aromatic heterocycles. The maximum Gasteiger partial charge on any atom is 0.302 e. The van der Waals surface area contributed by atoms with Crippen LogP contribution in [0.5, 0.6) is 0 Å². The van der Waals surface area contributed by atoms with E-state index in [-0.39, 0.29) is 12.6 Å². The molecular formula is C22H26O4. The van der Waals surface area contributed by atoms with E-state index in [4.69, 9.17) is 4.74 Å². The topological polar surface area (TPSA) is 60.4 Å². The van der Waals surface area contributed by atoms with Gasteiger partial charge in [0.2, 0.25) is 0 Å². The number of aldehydes is 2. The van der Waals surface area contributed by atoms with Crippen molar-refractivity contribution in [3.63, 3.8) is 0 Å². The number of ether oxygens (including phenoxy) is 1. The standard InChI is InChI=1S/C22H26O4/c1-18(10-7-11-19(2)15-23)9-5-6-13-22(17-26-21(4)25)14-8-12-20(3)16-24/h5-16H,17H2,1-4H3. The minimum Gasteiger partial charge on any atom is -0.461 e. The van der Waals surface area contributed by atoms with Gasteiger partial charge in [-0.1, -0.05) is 66.3 Å². The highest BCUT2D eigenvalue weighted by Gasteiger charge is 1.95. The third-order valence-electron chi connectivity index (χ3n) is 2.98. The van der Waals surface area contributed by atoms with Crippen molar-refractivity contribution in [1.82, 2.24) is 0 Å². The van der Waals surface area contributed by atoms with Crippen molar-refractivity contribution in [2.75, 3.05) is 6.61 Å². The molecule has 0 amide bonds. The van der Waals surface area contributed by atoms with Crippen LogP contribution < -0.4 is 0 Å². The fourth-order valence-electron chi connectivity index (χ4n) is 1.53. The average molecular weight is 354 g/mol. The summed E-state index contributed by atoms with van der Waals surface area (Å²) in [5.41, 5.74) is 3.07. The summed E-state index contributed by atoms with van der Waals surface area (Å²) in [6.45, 7) is 6.90. The average Bonchev–Trinajstić information content (AvgIpc) is 2.61. The van der Waals surface area contributed by atoms with Gasteiger partial charge in [0.25, 0.3) is 0 Å². The van der Waals surface area contributed by atoms with Crippen molar-refractivity contribution in [3.05, 3.63) is 83.1 Å². The molecule has 0 aliphatic heterocycles. The molecule has 0 aromatic rings. The first-order valence-electron chi connectivity index (χ1n) is 8.16. The molecule has 0 radical (unpaired) electrons. The Morgan fingerprint density at radius 2 is 1.19 bits per heavy atom. The lowest BCUT2D eigenvalue weighted by atomic mass is 10.2. The highest BCUT2D eigenvalue weighted by Crippen LogP contribution is 2.02. The van der Waals surface area contributed by atoms with Crippen molar-refractivity contribution in [2.45, 2.75) is 27.7 Å². The summed E-state index contributed by atoms with van der Waals surface area (Å²) in [4.78, 5) is 32.0. The molecule has 0 aromatic carbocycles. The largest absolute Gasteiger partial charge is 0.461 e. The summed E-state index contributed by atoms with van der Waals surface area (Å²) < 4.78 is 5.01. The summed E-state index contributed by atoms with van der Waals surface area (Å²) in [5, 5.41) is 0. The second-order valence-electron chi connectivity index (χ2n) is 5.59. The van der Waals surface area contributed by atoms with Crippen LogP contribution in [-0.4, -0.2) is 25.1 Å². The minimum absolute atomic E-state index is 0.155. The fourth-order valence-corrected chi connectivity index (χ4v) is 1.53. The minimum atomic E-state index is -0.354. The first-order chi connectivity index (χ1) is 12.4. The summed E-state index contributed by atoms with van der Waals surface area (Å²) in [6, 6.07) is 0. The molecule has 0 spiro atoms. The van der Waals surface area contributed by atoms with Gasteiger partial charge in [-0.05, 0) is 37.5 Å². The van der Waals surface area contributed by atoms with Crippen molar-refractivity contribution >= 4 is 18.5 Å². The summed E-state index contributed by atoms with van der Waals surface area (Å²) in [7, 11) is 0. The Balaban J connectivity index is 5.02. The van der Waals surface area contributed by atoms with E-state index in [1.54, 1.807) is 38.2 Å². The van der Waals surface area contributed by atoms with E-state index < -0.39 is 0 Å². The highest BCUT2D eigenvalue weighted by atomic mass is 16.5. The molecule has 0 unspecified atom stereocenters. The van der Waals surface area contributed by atoms with Crippen molar-refractivity contribution < 1.29 is 19.1 Å². The molecule has 0 atom stereocenters. The Hall–Kier alpha value is -3.01. The molecule has 4 heteroatoms. The maximum atomic E-state index is 11.0. The lowest BCUT2D eigenvalue weighted by Gasteiger charge is -2.01. The van der Waals surface area contributed by atoms with E-state index in [1.165, 1.54) is 6.92 Å². The lowest BCUT2D eigenvalue weighted by molar-refractivity contribution is -0.139. The summed E-state index contributed by atoms with van der Waals surface area (Å²) in [5.74, 6) is -0.354. The third-order valence-corrected chi connectivity index (χ3v) is 2.98. The van der Waals surface area contributed by atoms with Gasteiger partial charge in [-0.15, -0.1) is 0 Å². The molecule has 0 aliphatic carbocycles. The lowest BCUT2D eigenvalue weighted by Crippen LogP contribution is -2.01. The van der Waals surface area contributed by atoms with E-state index in [0.29, 0.717) is 11.1 Å². The van der Waals surface area contributed by atoms with Gasteiger partial charge in [-0.3, -0.25) is 14.4 Å². The Morgan fingerprint density at radius 1 is 0.692 bits per heavy atom. The van der Waals surface area contributed by atoms with Crippen LogP contribution in [0, 0.1) is 0 Å². The summed E-state index contributed by atoms with van der Waals surface area (Å²) >= 11 is 0. The summed E-state index contributed by atoms with van der Waals surface area (Å²) in [6.07, 6.45) is 19.7. The van der Waals surface area contributed by atoms with Crippen LogP contribution in [0.25, 0.3) is 0 Å². The molecule has 0 fully saturated rings. The van der Waals surface area contributed by atoms with E-state index in [0.717, 1.165) is 23.7 Å². The predicted octanol–water partition coefficient (Wildman–Crippen LogP) is 4.38. The molecule has 0 N–H and O–H groups in total. The second kappa shape index (κ2) is 14.3. The normalized spacial score (nSPS) is 14.5. The number of rotatable bonds is 10. The second-order valence-corrected chi connectivity index (χ2v) is 5.59. The van der Waals surface area contributed by atoms with Crippen LogP contribution in [-0.2, 0) is 19.1 Å². The van der Waals surface area contributed by atoms with Gasteiger partial charge in [0.05, 0.1) is 0 Å². The Kier molecular flexibility index (Phi) is 12.7. The van der Waals surface area contributed by atoms with Crippen LogP contribution >= 0.6 is 0 Å². The number of carbonyl (C=O) groups is 3. The van der Waals surface area contributed by atoms with Crippen LogP contribution in [0.2, 0.25) is 0 Å². The van der Waals surface area contributed by atoms with Crippen molar-refractivity contribution in [2.24, 2.45) is 0 Å². The van der Waals surface area contributed by atoms with E-state index >= 15 is 0 Å². The first-order valence-corrected chi connectivity index (χ1v) is 8.16. The first kappa shape index (κ1) is 23.0. The number of esters is 1. The highest BCUT2D eigenvalue weighted by molar-refractivity contribution is 5.73. The predicted molar refractivity (Wildman–Crippen MR) is 106 cm³/mol.